The second kappa shape index (κ2) is 19.2. The molecule has 4 bridgehead atoms. The van der Waals surface area contributed by atoms with Crippen molar-refractivity contribution < 1.29 is 49.0 Å². The molecule has 1 atom stereocenters. The van der Waals surface area contributed by atoms with E-state index >= 15 is 0 Å². The zero-order valence-electron chi connectivity index (χ0n) is 38.9. The number of benzene rings is 5. The summed E-state index contributed by atoms with van der Waals surface area (Å²) in [6.45, 7) is 23.0. The summed E-state index contributed by atoms with van der Waals surface area (Å²) in [6.07, 6.45) is 16.9. The molecule has 0 aromatic heterocycles. The third kappa shape index (κ3) is 9.92. The molecule has 5 aromatic carbocycles. The summed E-state index contributed by atoms with van der Waals surface area (Å²) in [5.74, 6) is 4.68. The van der Waals surface area contributed by atoms with Gasteiger partial charge in [0.2, 0.25) is 0 Å². The Morgan fingerprint density at radius 2 is 1.19 bits per heavy atom. The van der Waals surface area contributed by atoms with Gasteiger partial charge in [-0.1, -0.05) is 156 Å². The third-order valence-corrected chi connectivity index (χ3v) is 15.4. The SMILES string of the molecule is CC(C)(C)c1cc2c([c-]c1-c1ccccc1)Cc1cc(-c3ccccc3)c(C(C)(C)C)cc1-2.CC1[C-]=CC(C2(C)C3CC4CC(C3)CC2C4)=C1.C[C](=[Zr+2])c1ccc(C)cc1.[Cl-].[Cl-]. The first-order chi connectivity index (χ1) is 28.5. The minimum absolute atomic E-state index is 0. The van der Waals surface area contributed by atoms with Crippen LogP contribution >= 0.6 is 0 Å². The van der Waals surface area contributed by atoms with Crippen molar-refractivity contribution in [3.05, 3.63) is 166 Å². The fourth-order valence-corrected chi connectivity index (χ4v) is 11.9. The molecule has 322 valence electrons. The number of fused-ring (bicyclic) bond motifs is 3. The molecular formula is C59H66Cl2Zr-2. The summed E-state index contributed by atoms with van der Waals surface area (Å²) >= 11 is 1.51. The minimum atomic E-state index is 0. The van der Waals surface area contributed by atoms with Crippen LogP contribution in [-0.4, -0.2) is 3.21 Å². The molecule has 0 amide bonds. The number of halogens is 2. The number of hydrogen-bond acceptors (Lipinski definition) is 0. The van der Waals surface area contributed by atoms with E-state index in [2.05, 4.69) is 197 Å². The molecule has 1 unspecified atom stereocenters. The van der Waals surface area contributed by atoms with Gasteiger partial charge in [-0.3, -0.25) is 6.08 Å². The van der Waals surface area contributed by atoms with Crippen molar-refractivity contribution in [1.29, 1.82) is 0 Å². The minimum Gasteiger partial charge on any atom is -1.00 e. The molecular weight excluding hydrogens is 871 g/mol. The van der Waals surface area contributed by atoms with Crippen molar-refractivity contribution in [2.75, 3.05) is 0 Å². The van der Waals surface area contributed by atoms with Crippen molar-refractivity contribution in [1.82, 2.24) is 0 Å². The number of hydrogen-bond donors (Lipinski definition) is 0. The predicted octanol–water partition coefficient (Wildman–Crippen LogP) is 9.46. The number of aryl methyl sites for hydroxylation is 1. The molecule has 62 heavy (non-hydrogen) atoms. The van der Waals surface area contributed by atoms with Crippen molar-refractivity contribution in [3.63, 3.8) is 0 Å². The van der Waals surface area contributed by atoms with Gasteiger partial charge in [0.05, 0.1) is 0 Å². The summed E-state index contributed by atoms with van der Waals surface area (Å²) < 4.78 is 1.46. The average Bonchev–Trinajstić information content (AvgIpc) is 3.82. The van der Waals surface area contributed by atoms with E-state index in [9.17, 15) is 0 Å². The second-order valence-electron chi connectivity index (χ2n) is 21.2. The Hall–Kier alpha value is -3.09. The molecule has 4 fully saturated rings. The van der Waals surface area contributed by atoms with Crippen LogP contribution in [0.2, 0.25) is 0 Å². The van der Waals surface area contributed by atoms with Crippen LogP contribution < -0.4 is 24.8 Å². The van der Waals surface area contributed by atoms with Crippen LogP contribution in [0.4, 0.5) is 0 Å². The van der Waals surface area contributed by atoms with E-state index in [1.165, 1.54) is 120 Å². The normalized spacial score (nSPS) is 23.7. The van der Waals surface area contributed by atoms with Gasteiger partial charge >= 0.3 is 76.7 Å². The fraction of sp³-hybridized carbons (Fsp3) is 0.407. The Kier molecular flexibility index (Phi) is 15.0. The molecule has 0 heterocycles. The average molecular weight is 937 g/mol. The molecule has 0 radical (unpaired) electrons. The second-order valence-corrected chi connectivity index (χ2v) is 23.1. The van der Waals surface area contributed by atoms with Crippen molar-refractivity contribution >= 4 is 3.21 Å². The maximum absolute atomic E-state index is 3.88. The first kappa shape index (κ1) is 48.4. The van der Waals surface area contributed by atoms with E-state index in [4.69, 9.17) is 0 Å². The quantitative estimate of drug-likeness (QED) is 0.155. The zero-order valence-corrected chi connectivity index (χ0v) is 42.8. The predicted molar refractivity (Wildman–Crippen MR) is 253 cm³/mol. The topological polar surface area (TPSA) is 0 Å². The molecule has 0 N–H and O–H groups in total. The Morgan fingerprint density at radius 3 is 1.69 bits per heavy atom. The van der Waals surface area contributed by atoms with Gasteiger partial charge in [0.15, 0.2) is 0 Å². The van der Waals surface area contributed by atoms with Crippen molar-refractivity contribution in [2.24, 2.45) is 35.0 Å². The molecule has 6 aliphatic rings. The molecule has 0 aliphatic heterocycles. The van der Waals surface area contributed by atoms with Gasteiger partial charge < -0.3 is 24.8 Å². The summed E-state index contributed by atoms with van der Waals surface area (Å²) in [5.41, 5.74) is 18.4. The molecule has 6 aliphatic carbocycles. The molecule has 0 nitrogen and oxygen atoms in total. The van der Waals surface area contributed by atoms with Gasteiger partial charge in [-0.05, 0) is 95.3 Å². The van der Waals surface area contributed by atoms with E-state index in [0.29, 0.717) is 11.3 Å². The Bertz CT molecular complexity index is 2290. The maximum Gasteiger partial charge on any atom is -1.00 e. The van der Waals surface area contributed by atoms with Crippen LogP contribution in [0, 0.1) is 54.1 Å². The summed E-state index contributed by atoms with van der Waals surface area (Å²) in [6, 6.07) is 41.5. The van der Waals surface area contributed by atoms with E-state index in [-0.39, 0.29) is 35.6 Å². The summed E-state index contributed by atoms with van der Waals surface area (Å²) in [7, 11) is 0. The molecule has 11 rings (SSSR count). The van der Waals surface area contributed by atoms with Crippen LogP contribution in [0.3, 0.4) is 0 Å². The standard InChI is InChI=1S/C33H33.C17H23.C9H10.2ClH.Zr/c1-32(2,3)30-20-26-24(18-28(30)22-13-9-7-10-14-22)17-25-19-29(23-15-11-8-12-16-23)31(21-27(25)26)33(4,5)6;1-11-3-4-14(5-11)17(2)15-7-12-6-13(9-15)10-16(17)8-12;1-3-9-6-4-8(2)5-7-9;;;/h7-16,18,20-21H,17H2,1-6H3;4-5,11-13,15-16H,6-10H2,1-2H3;4-7H,1-2H3;2*1H;/q2*-1;;;;+2/p-2. The van der Waals surface area contributed by atoms with E-state index in [0.717, 1.165) is 30.1 Å². The number of rotatable bonds is 4. The Morgan fingerprint density at radius 1 is 0.661 bits per heavy atom. The molecule has 4 saturated carbocycles. The largest absolute Gasteiger partial charge is 1.00 e. The van der Waals surface area contributed by atoms with Crippen LogP contribution in [0.25, 0.3) is 33.4 Å². The molecule has 5 aromatic rings. The molecule has 3 heteroatoms. The van der Waals surface area contributed by atoms with E-state index in [1.807, 2.05) is 0 Å². The fourth-order valence-electron chi connectivity index (χ4n) is 11.5. The van der Waals surface area contributed by atoms with Gasteiger partial charge in [0.25, 0.3) is 0 Å². The number of allylic oxidation sites excluding steroid dienone is 4. The van der Waals surface area contributed by atoms with Gasteiger partial charge in [-0.15, -0.1) is 28.8 Å². The van der Waals surface area contributed by atoms with Gasteiger partial charge in [-0.2, -0.15) is 11.6 Å². The summed E-state index contributed by atoms with van der Waals surface area (Å²) in [5, 5.41) is 0. The van der Waals surface area contributed by atoms with Crippen LogP contribution in [0.5, 0.6) is 0 Å². The molecule has 0 spiro atoms. The monoisotopic (exact) mass is 934 g/mol. The van der Waals surface area contributed by atoms with Crippen molar-refractivity contribution in [2.45, 2.75) is 119 Å². The molecule has 0 saturated heterocycles. The van der Waals surface area contributed by atoms with E-state index < -0.39 is 0 Å². The Labute approximate surface area is 402 Å². The first-order valence-electron chi connectivity index (χ1n) is 22.8. The van der Waals surface area contributed by atoms with Crippen LogP contribution in [-0.2, 0) is 41.5 Å². The van der Waals surface area contributed by atoms with Crippen LogP contribution in [0.15, 0.2) is 121 Å². The maximum atomic E-state index is 3.88. The Balaban J connectivity index is 0.000000183. The van der Waals surface area contributed by atoms with Crippen LogP contribution in [0.1, 0.15) is 128 Å². The smallest absolute Gasteiger partial charge is 1.00 e. The third-order valence-electron chi connectivity index (χ3n) is 14.7. The van der Waals surface area contributed by atoms with Gasteiger partial charge in [0.1, 0.15) is 0 Å². The van der Waals surface area contributed by atoms with Gasteiger partial charge in [-0.25, -0.2) is 6.08 Å². The zero-order chi connectivity index (χ0) is 42.6. The summed E-state index contributed by atoms with van der Waals surface area (Å²) in [4.78, 5) is 0. The van der Waals surface area contributed by atoms with Gasteiger partial charge in [0, 0.05) is 0 Å². The van der Waals surface area contributed by atoms with Crippen molar-refractivity contribution in [3.8, 4) is 33.4 Å². The van der Waals surface area contributed by atoms with E-state index in [1.54, 1.807) is 12.0 Å². The first-order valence-corrected chi connectivity index (χ1v) is 24.0.